The average molecular weight is 189 g/mol. The largest absolute Gasteiger partial charge is 0.389 e. The van der Waals surface area contributed by atoms with E-state index in [1.165, 1.54) is 18.4 Å². The van der Waals surface area contributed by atoms with E-state index in [4.69, 9.17) is 11.6 Å². The summed E-state index contributed by atoms with van der Waals surface area (Å²) in [7, 11) is 0. The second-order valence-electron chi connectivity index (χ2n) is 2.77. The minimum atomic E-state index is -0.315. The summed E-state index contributed by atoms with van der Waals surface area (Å²) < 4.78 is 0. The van der Waals surface area contributed by atoms with Crippen LogP contribution in [0.1, 0.15) is 32.6 Å². The molecule has 0 aromatic rings. The Morgan fingerprint density at radius 3 is 2.67 bits per heavy atom. The molecule has 0 aliphatic carbocycles. The van der Waals surface area contributed by atoms with Gasteiger partial charge >= 0.3 is 0 Å². The quantitative estimate of drug-likeness (QED) is 0.501. The Bertz CT molecular complexity index is 141. The van der Waals surface area contributed by atoms with Crippen LogP contribution in [0.5, 0.6) is 0 Å². The molecule has 12 heavy (non-hydrogen) atoms. The molecule has 0 saturated carbocycles. The van der Waals surface area contributed by atoms with Crippen LogP contribution in [0, 0.1) is 0 Å². The fraction of sp³-hybridized carbons (Fsp3) is 0.600. The molecule has 0 heterocycles. The van der Waals surface area contributed by atoms with E-state index in [0.29, 0.717) is 0 Å². The van der Waals surface area contributed by atoms with Gasteiger partial charge < -0.3 is 5.11 Å². The molecule has 1 unspecified atom stereocenters. The zero-order valence-electron chi connectivity index (χ0n) is 7.54. The molecule has 0 fully saturated rings. The van der Waals surface area contributed by atoms with Crippen molar-refractivity contribution in [1.29, 1.82) is 0 Å². The van der Waals surface area contributed by atoms with Crippen LogP contribution in [0.3, 0.4) is 0 Å². The molecule has 0 amide bonds. The zero-order valence-corrected chi connectivity index (χ0v) is 8.30. The summed E-state index contributed by atoms with van der Waals surface area (Å²) in [5.41, 5.74) is 1.43. The smallest absolute Gasteiger partial charge is 0.0723 e. The molecule has 0 bridgehead atoms. The van der Waals surface area contributed by atoms with Gasteiger partial charge in [-0.3, -0.25) is 0 Å². The highest BCUT2D eigenvalue weighted by Crippen LogP contribution is 2.04. The number of aliphatic hydroxyl groups is 1. The van der Waals surface area contributed by atoms with Gasteiger partial charge in [0, 0.05) is 5.54 Å². The summed E-state index contributed by atoms with van der Waals surface area (Å²) in [6, 6.07) is 0. The minimum Gasteiger partial charge on any atom is -0.389 e. The average Bonchev–Trinajstić information content (AvgIpc) is 2.06. The third-order valence-corrected chi connectivity index (χ3v) is 1.77. The van der Waals surface area contributed by atoms with Crippen LogP contribution in [0.4, 0.5) is 0 Å². The lowest BCUT2D eigenvalue weighted by molar-refractivity contribution is 0.208. The Hall–Kier alpha value is -0.270. The van der Waals surface area contributed by atoms with Gasteiger partial charge in [-0.25, -0.2) is 0 Å². The number of allylic oxidation sites excluding steroid dienone is 2. The highest BCUT2D eigenvalue weighted by atomic mass is 35.5. The van der Waals surface area contributed by atoms with Crippen LogP contribution in [0.2, 0.25) is 0 Å². The van der Waals surface area contributed by atoms with Gasteiger partial charge in [0.15, 0.2) is 0 Å². The van der Waals surface area contributed by atoms with Gasteiger partial charge in [0.1, 0.15) is 0 Å². The third kappa shape index (κ3) is 7.83. The van der Waals surface area contributed by atoms with Crippen molar-refractivity contribution < 1.29 is 5.11 Å². The summed E-state index contributed by atoms with van der Waals surface area (Å²) in [5, 5.41) is 9.34. The number of hydrogen-bond acceptors (Lipinski definition) is 1. The normalized spacial score (nSPS) is 14.6. The minimum absolute atomic E-state index is 0.315. The van der Waals surface area contributed by atoms with E-state index in [1.54, 1.807) is 18.2 Å². The highest BCUT2D eigenvalue weighted by Gasteiger charge is 1.96. The molecule has 0 aliphatic heterocycles. The molecule has 1 N–H and O–H groups in total. The number of rotatable bonds is 6. The van der Waals surface area contributed by atoms with Gasteiger partial charge in [-0.05, 0) is 6.42 Å². The van der Waals surface area contributed by atoms with Gasteiger partial charge in [0.05, 0.1) is 6.10 Å². The molecular formula is C10H17ClO. The van der Waals surface area contributed by atoms with Crippen molar-refractivity contribution in [3.63, 3.8) is 0 Å². The predicted octanol–water partition coefficient (Wildman–Crippen LogP) is 3.24. The van der Waals surface area contributed by atoms with Crippen molar-refractivity contribution in [2.45, 2.75) is 38.7 Å². The second kappa shape index (κ2) is 8.82. The van der Waals surface area contributed by atoms with Crippen molar-refractivity contribution in [3.8, 4) is 0 Å². The Labute approximate surface area is 79.7 Å². The number of unbranched alkanes of at least 4 members (excludes halogenated alkanes) is 2. The van der Waals surface area contributed by atoms with Crippen molar-refractivity contribution in [2.75, 3.05) is 0 Å². The van der Waals surface area contributed by atoms with E-state index < -0.39 is 0 Å². The Morgan fingerprint density at radius 1 is 1.33 bits per heavy atom. The molecule has 70 valence electrons. The zero-order chi connectivity index (χ0) is 9.23. The van der Waals surface area contributed by atoms with E-state index in [-0.39, 0.29) is 6.10 Å². The first-order chi connectivity index (χ1) is 5.81. The molecule has 0 saturated heterocycles. The van der Waals surface area contributed by atoms with Gasteiger partial charge in [0.25, 0.3) is 0 Å². The van der Waals surface area contributed by atoms with Crippen LogP contribution in [-0.4, -0.2) is 11.2 Å². The molecular weight excluding hydrogens is 172 g/mol. The molecule has 0 radical (unpaired) electrons. The maximum Gasteiger partial charge on any atom is 0.0723 e. The molecule has 0 aromatic heterocycles. The lowest BCUT2D eigenvalue weighted by Gasteiger charge is -2.02. The molecule has 1 nitrogen and oxygen atoms in total. The molecule has 2 heteroatoms. The Kier molecular flexibility index (Phi) is 8.62. The first kappa shape index (κ1) is 11.7. The fourth-order valence-corrected chi connectivity index (χ4v) is 1.02. The number of hydrogen-bond donors (Lipinski definition) is 1. The monoisotopic (exact) mass is 188 g/mol. The van der Waals surface area contributed by atoms with Gasteiger partial charge in [-0.2, -0.15) is 0 Å². The van der Waals surface area contributed by atoms with Gasteiger partial charge in [-0.1, -0.05) is 56.0 Å². The maximum atomic E-state index is 9.34. The predicted molar refractivity (Wildman–Crippen MR) is 54.3 cm³/mol. The van der Waals surface area contributed by atoms with Crippen LogP contribution >= 0.6 is 11.6 Å². The summed E-state index contributed by atoms with van der Waals surface area (Å²) in [6.45, 7) is 2.15. The fourth-order valence-electron chi connectivity index (χ4n) is 0.934. The Balaban J connectivity index is 3.38. The molecule has 0 spiro atoms. The van der Waals surface area contributed by atoms with Gasteiger partial charge in [-0.15, -0.1) is 0 Å². The molecule has 1 atom stereocenters. The van der Waals surface area contributed by atoms with Crippen molar-refractivity contribution in [2.24, 2.45) is 0 Å². The first-order valence-corrected chi connectivity index (χ1v) is 4.86. The van der Waals surface area contributed by atoms with Crippen LogP contribution < -0.4 is 0 Å². The van der Waals surface area contributed by atoms with Crippen LogP contribution in [0.15, 0.2) is 23.8 Å². The highest BCUT2D eigenvalue weighted by molar-refractivity contribution is 6.25. The van der Waals surface area contributed by atoms with E-state index in [1.807, 2.05) is 0 Å². The molecule has 0 aromatic carbocycles. The lowest BCUT2D eigenvalue weighted by atomic mass is 10.1. The van der Waals surface area contributed by atoms with E-state index in [9.17, 15) is 5.11 Å². The second-order valence-corrected chi connectivity index (χ2v) is 3.02. The topological polar surface area (TPSA) is 20.2 Å². The summed E-state index contributed by atoms with van der Waals surface area (Å²) in [4.78, 5) is 0. The van der Waals surface area contributed by atoms with E-state index in [2.05, 4.69) is 6.92 Å². The number of aliphatic hydroxyl groups excluding tert-OH is 1. The van der Waals surface area contributed by atoms with Crippen LogP contribution in [-0.2, 0) is 0 Å². The lowest BCUT2D eigenvalue weighted by Crippen LogP contribution is -2.00. The third-order valence-electron chi connectivity index (χ3n) is 1.62. The van der Waals surface area contributed by atoms with Crippen molar-refractivity contribution >= 4 is 11.6 Å². The van der Waals surface area contributed by atoms with Gasteiger partial charge in [0.2, 0.25) is 0 Å². The van der Waals surface area contributed by atoms with E-state index >= 15 is 0 Å². The van der Waals surface area contributed by atoms with E-state index in [0.717, 1.165) is 12.8 Å². The summed E-state index contributed by atoms with van der Waals surface area (Å²) >= 11 is 5.30. The standard InChI is InChI=1S/C10H17ClO/c1-2-3-4-7-10(12)8-5-6-9-11/h5-6,8-10,12H,2-4,7H2,1H3. The Morgan fingerprint density at radius 2 is 2.08 bits per heavy atom. The summed E-state index contributed by atoms with van der Waals surface area (Å²) in [5.74, 6) is 0. The molecule has 0 aliphatic rings. The SMILES string of the molecule is CCCCCC(O)C=CC=CCl. The molecule has 0 rings (SSSR count). The van der Waals surface area contributed by atoms with Crippen LogP contribution in [0.25, 0.3) is 0 Å². The summed E-state index contributed by atoms with van der Waals surface area (Å²) in [6.07, 6.45) is 9.23. The first-order valence-electron chi connectivity index (χ1n) is 4.43. The van der Waals surface area contributed by atoms with Crippen molar-refractivity contribution in [3.05, 3.63) is 23.8 Å². The maximum absolute atomic E-state index is 9.34. The number of halogens is 1. The van der Waals surface area contributed by atoms with Crippen molar-refractivity contribution in [1.82, 2.24) is 0 Å².